The zero-order valence-electron chi connectivity index (χ0n) is 12.0. The molecule has 1 N–H and O–H groups in total. The van der Waals surface area contributed by atoms with Crippen molar-refractivity contribution in [1.82, 2.24) is 5.32 Å². The van der Waals surface area contributed by atoms with Gasteiger partial charge in [0.15, 0.2) is 0 Å². The summed E-state index contributed by atoms with van der Waals surface area (Å²) < 4.78 is 13.5. The van der Waals surface area contributed by atoms with Crippen molar-refractivity contribution in [1.29, 1.82) is 0 Å². The van der Waals surface area contributed by atoms with Crippen LogP contribution in [0.2, 0.25) is 0 Å². The molecule has 2 aromatic rings. The molecule has 0 aliphatic carbocycles. The SMILES string of the molecule is Cc1ccccc1C(C)NCc1ccc([N+](=O)[O-])c(F)c1. The third-order valence-electron chi connectivity index (χ3n) is 3.48. The van der Waals surface area contributed by atoms with Crippen molar-refractivity contribution in [2.45, 2.75) is 26.4 Å². The Balaban J connectivity index is 2.05. The Morgan fingerprint density at radius 3 is 2.62 bits per heavy atom. The third-order valence-corrected chi connectivity index (χ3v) is 3.48. The minimum atomic E-state index is -0.803. The Hall–Kier alpha value is -2.27. The summed E-state index contributed by atoms with van der Waals surface area (Å²) in [4.78, 5) is 9.85. The van der Waals surface area contributed by atoms with Crippen molar-refractivity contribution < 1.29 is 9.31 Å². The van der Waals surface area contributed by atoms with Crippen LogP contribution < -0.4 is 5.32 Å². The fourth-order valence-electron chi connectivity index (χ4n) is 2.26. The first kappa shape index (κ1) is 15.1. The standard InChI is InChI=1S/C16H17FN2O2/c1-11-5-3-4-6-14(11)12(2)18-10-13-7-8-16(19(20)21)15(17)9-13/h3-9,12,18H,10H2,1-2H3. The highest BCUT2D eigenvalue weighted by molar-refractivity contribution is 5.35. The summed E-state index contributed by atoms with van der Waals surface area (Å²) in [7, 11) is 0. The van der Waals surface area contributed by atoms with Crippen LogP contribution in [0.15, 0.2) is 42.5 Å². The quantitative estimate of drug-likeness (QED) is 0.670. The minimum Gasteiger partial charge on any atom is -0.306 e. The molecular formula is C16H17FN2O2. The number of hydrogen-bond donors (Lipinski definition) is 1. The van der Waals surface area contributed by atoms with Gasteiger partial charge in [0, 0.05) is 18.7 Å². The second-order valence-corrected chi connectivity index (χ2v) is 5.00. The van der Waals surface area contributed by atoms with E-state index in [2.05, 4.69) is 5.32 Å². The Kier molecular flexibility index (Phi) is 4.65. The van der Waals surface area contributed by atoms with E-state index in [-0.39, 0.29) is 6.04 Å². The summed E-state index contributed by atoms with van der Waals surface area (Å²) in [5.41, 5.74) is 2.55. The van der Waals surface area contributed by atoms with E-state index < -0.39 is 16.4 Å². The number of nitrogens with zero attached hydrogens (tertiary/aromatic N) is 1. The summed E-state index contributed by atoms with van der Waals surface area (Å²) in [5, 5.41) is 13.9. The van der Waals surface area contributed by atoms with E-state index in [1.807, 2.05) is 38.1 Å². The first-order chi connectivity index (χ1) is 9.99. The lowest BCUT2D eigenvalue weighted by molar-refractivity contribution is -0.387. The molecule has 5 heteroatoms. The maximum absolute atomic E-state index is 13.5. The Morgan fingerprint density at radius 1 is 1.29 bits per heavy atom. The fourth-order valence-corrected chi connectivity index (χ4v) is 2.26. The molecule has 0 amide bonds. The molecule has 2 rings (SSSR count). The number of rotatable bonds is 5. The molecule has 1 unspecified atom stereocenters. The molecule has 0 saturated heterocycles. The Bertz CT molecular complexity index is 658. The molecule has 0 saturated carbocycles. The van der Waals surface area contributed by atoms with Crippen LogP contribution in [-0.4, -0.2) is 4.92 Å². The molecular weight excluding hydrogens is 271 g/mol. The van der Waals surface area contributed by atoms with Crippen molar-refractivity contribution in [2.75, 3.05) is 0 Å². The second-order valence-electron chi connectivity index (χ2n) is 5.00. The first-order valence-electron chi connectivity index (χ1n) is 6.70. The maximum atomic E-state index is 13.5. The highest BCUT2D eigenvalue weighted by Crippen LogP contribution is 2.20. The van der Waals surface area contributed by atoms with Gasteiger partial charge in [-0.15, -0.1) is 0 Å². The Morgan fingerprint density at radius 2 is 2.00 bits per heavy atom. The largest absolute Gasteiger partial charge is 0.306 e. The van der Waals surface area contributed by atoms with E-state index >= 15 is 0 Å². The van der Waals surface area contributed by atoms with Crippen molar-refractivity contribution in [3.8, 4) is 0 Å². The second kappa shape index (κ2) is 6.45. The predicted octanol–water partition coefficient (Wildman–Crippen LogP) is 3.89. The van der Waals surface area contributed by atoms with Gasteiger partial charge in [0.25, 0.3) is 0 Å². The minimum absolute atomic E-state index is 0.115. The number of nitro benzene ring substituents is 1. The van der Waals surface area contributed by atoms with E-state index in [1.54, 1.807) is 6.07 Å². The molecule has 0 bridgehead atoms. The van der Waals surface area contributed by atoms with Crippen molar-refractivity contribution >= 4 is 5.69 Å². The molecule has 0 fully saturated rings. The van der Waals surface area contributed by atoms with Gasteiger partial charge < -0.3 is 5.32 Å². The zero-order chi connectivity index (χ0) is 15.4. The molecule has 110 valence electrons. The van der Waals surface area contributed by atoms with Crippen LogP contribution in [0, 0.1) is 22.9 Å². The van der Waals surface area contributed by atoms with Crippen LogP contribution >= 0.6 is 0 Å². The van der Waals surface area contributed by atoms with Crippen LogP contribution in [0.3, 0.4) is 0 Å². The lowest BCUT2D eigenvalue weighted by atomic mass is 10.0. The van der Waals surface area contributed by atoms with E-state index in [0.717, 1.165) is 0 Å². The van der Waals surface area contributed by atoms with Crippen LogP contribution in [0.5, 0.6) is 0 Å². The van der Waals surface area contributed by atoms with E-state index in [0.29, 0.717) is 12.1 Å². The maximum Gasteiger partial charge on any atom is 0.304 e. The molecule has 1 atom stereocenters. The van der Waals surface area contributed by atoms with Gasteiger partial charge >= 0.3 is 5.69 Å². The number of benzene rings is 2. The number of nitrogens with one attached hydrogen (secondary N) is 1. The van der Waals surface area contributed by atoms with Crippen LogP contribution in [0.4, 0.5) is 10.1 Å². The number of halogens is 1. The zero-order valence-corrected chi connectivity index (χ0v) is 12.0. The van der Waals surface area contributed by atoms with Gasteiger partial charge in [0.2, 0.25) is 5.82 Å². The van der Waals surface area contributed by atoms with Crippen LogP contribution in [-0.2, 0) is 6.54 Å². The number of hydrogen-bond acceptors (Lipinski definition) is 3. The molecule has 0 aliphatic heterocycles. The molecule has 0 aromatic heterocycles. The normalized spacial score (nSPS) is 12.1. The number of aryl methyl sites for hydroxylation is 1. The lowest BCUT2D eigenvalue weighted by Gasteiger charge is -2.16. The van der Waals surface area contributed by atoms with E-state index in [4.69, 9.17) is 0 Å². The lowest BCUT2D eigenvalue weighted by Crippen LogP contribution is -2.19. The van der Waals surface area contributed by atoms with Crippen LogP contribution in [0.1, 0.15) is 29.7 Å². The summed E-state index contributed by atoms with van der Waals surface area (Å²) in [6.07, 6.45) is 0. The average molecular weight is 288 g/mol. The molecule has 0 radical (unpaired) electrons. The van der Waals surface area contributed by atoms with Crippen molar-refractivity contribution in [3.05, 3.63) is 75.1 Å². The fraction of sp³-hybridized carbons (Fsp3) is 0.250. The molecule has 0 aliphatic rings. The third kappa shape index (κ3) is 3.64. The predicted molar refractivity (Wildman–Crippen MR) is 79.5 cm³/mol. The van der Waals surface area contributed by atoms with E-state index in [1.165, 1.54) is 23.3 Å². The van der Waals surface area contributed by atoms with Gasteiger partial charge in [-0.1, -0.05) is 30.3 Å². The van der Waals surface area contributed by atoms with Crippen LogP contribution in [0.25, 0.3) is 0 Å². The summed E-state index contributed by atoms with van der Waals surface area (Å²) in [6, 6.07) is 12.1. The highest BCUT2D eigenvalue weighted by atomic mass is 19.1. The topological polar surface area (TPSA) is 55.2 Å². The number of nitro groups is 1. The smallest absolute Gasteiger partial charge is 0.304 e. The average Bonchev–Trinajstić information content (AvgIpc) is 2.45. The van der Waals surface area contributed by atoms with Gasteiger partial charge in [-0.2, -0.15) is 4.39 Å². The van der Waals surface area contributed by atoms with Gasteiger partial charge in [0.05, 0.1) is 4.92 Å². The molecule has 2 aromatic carbocycles. The van der Waals surface area contributed by atoms with Gasteiger partial charge in [-0.25, -0.2) is 0 Å². The van der Waals surface area contributed by atoms with Gasteiger partial charge in [-0.05, 0) is 36.6 Å². The van der Waals surface area contributed by atoms with Gasteiger partial charge in [-0.3, -0.25) is 10.1 Å². The van der Waals surface area contributed by atoms with E-state index in [9.17, 15) is 14.5 Å². The summed E-state index contributed by atoms with van der Waals surface area (Å²) in [6.45, 7) is 4.52. The molecule has 0 spiro atoms. The van der Waals surface area contributed by atoms with Crippen molar-refractivity contribution in [3.63, 3.8) is 0 Å². The Labute approximate surface area is 122 Å². The van der Waals surface area contributed by atoms with Crippen molar-refractivity contribution in [2.24, 2.45) is 0 Å². The highest BCUT2D eigenvalue weighted by Gasteiger charge is 2.14. The summed E-state index contributed by atoms with van der Waals surface area (Å²) >= 11 is 0. The molecule has 21 heavy (non-hydrogen) atoms. The molecule has 4 nitrogen and oxygen atoms in total. The first-order valence-corrected chi connectivity index (χ1v) is 6.70. The summed E-state index contributed by atoms with van der Waals surface area (Å²) in [5.74, 6) is -0.803. The molecule has 0 heterocycles. The monoisotopic (exact) mass is 288 g/mol. The van der Waals surface area contributed by atoms with Gasteiger partial charge in [0.1, 0.15) is 0 Å².